The fourth-order valence-corrected chi connectivity index (χ4v) is 0.144. The van der Waals surface area contributed by atoms with Crippen LogP contribution in [0.25, 0.3) is 0 Å². The van der Waals surface area contributed by atoms with E-state index in [0.29, 0.717) is 0 Å². The molecule has 0 aromatic carbocycles. The summed E-state index contributed by atoms with van der Waals surface area (Å²) in [5, 5.41) is 2.33. The van der Waals surface area contributed by atoms with Crippen LogP contribution in [0.3, 0.4) is 0 Å². The molecule has 0 heterocycles. The predicted octanol–water partition coefficient (Wildman–Crippen LogP) is -0.242. The highest BCUT2D eigenvalue weighted by molar-refractivity contribution is 5.73. The van der Waals surface area contributed by atoms with Gasteiger partial charge in [-0.05, 0) is 6.20 Å². The number of rotatable bonds is 1. The van der Waals surface area contributed by atoms with Gasteiger partial charge in [0.05, 0.1) is 0 Å². The van der Waals surface area contributed by atoms with Crippen molar-refractivity contribution < 1.29 is 9.59 Å². The molecular weight excluding hydrogens is 132 g/mol. The summed E-state index contributed by atoms with van der Waals surface area (Å²) in [6.45, 7) is 6.01. The summed E-state index contributed by atoms with van der Waals surface area (Å²) >= 11 is 0. The first-order chi connectivity index (χ1) is 4.50. The Balaban J connectivity index is 0. The van der Waals surface area contributed by atoms with Gasteiger partial charge in [0, 0.05) is 13.8 Å². The molecule has 0 spiro atoms. The SMILES string of the molecule is C=CNC(C)=O.CC(N)=O. The van der Waals surface area contributed by atoms with Crippen molar-refractivity contribution in [3.05, 3.63) is 12.8 Å². The standard InChI is InChI=1S/C4H7NO.C2H5NO/c1-3-5-4(2)6;1-2(3)4/h3H,1H2,2H3,(H,5,6);1H3,(H2,3,4). The minimum Gasteiger partial charge on any atom is -0.370 e. The Morgan fingerprint density at radius 3 is 1.80 bits per heavy atom. The second-order valence-corrected chi connectivity index (χ2v) is 1.52. The molecule has 4 heteroatoms. The normalized spacial score (nSPS) is 6.60. The number of primary amides is 1. The number of nitrogens with one attached hydrogen (secondary N) is 1. The Labute approximate surface area is 60.1 Å². The zero-order valence-electron chi connectivity index (χ0n) is 6.18. The topological polar surface area (TPSA) is 72.2 Å². The molecule has 0 atom stereocenters. The van der Waals surface area contributed by atoms with Crippen LogP contribution in [0.4, 0.5) is 0 Å². The van der Waals surface area contributed by atoms with Gasteiger partial charge in [-0.25, -0.2) is 0 Å². The van der Waals surface area contributed by atoms with Crippen LogP contribution in [0.1, 0.15) is 13.8 Å². The number of hydrogen-bond donors (Lipinski definition) is 2. The number of nitrogens with two attached hydrogens (primary N) is 1. The maximum atomic E-state index is 9.86. The van der Waals surface area contributed by atoms with E-state index < -0.39 is 0 Å². The van der Waals surface area contributed by atoms with Gasteiger partial charge in [0.25, 0.3) is 0 Å². The van der Waals surface area contributed by atoms with Crippen molar-refractivity contribution in [2.45, 2.75) is 13.8 Å². The van der Waals surface area contributed by atoms with Gasteiger partial charge in [0.2, 0.25) is 11.8 Å². The van der Waals surface area contributed by atoms with Gasteiger partial charge in [-0.3, -0.25) is 9.59 Å². The Morgan fingerprint density at radius 2 is 1.80 bits per heavy atom. The Kier molecular flexibility index (Phi) is 8.81. The summed E-state index contributed by atoms with van der Waals surface area (Å²) in [6, 6.07) is 0. The third kappa shape index (κ3) is 76.4. The Morgan fingerprint density at radius 1 is 1.50 bits per heavy atom. The molecule has 10 heavy (non-hydrogen) atoms. The molecule has 0 radical (unpaired) electrons. The lowest BCUT2D eigenvalue weighted by Gasteiger charge is -1.83. The molecule has 58 valence electrons. The molecule has 0 bridgehead atoms. The lowest BCUT2D eigenvalue weighted by Crippen LogP contribution is -2.10. The van der Waals surface area contributed by atoms with Crippen LogP contribution in [0.15, 0.2) is 12.8 Å². The quantitative estimate of drug-likeness (QED) is 0.533. The van der Waals surface area contributed by atoms with E-state index >= 15 is 0 Å². The molecule has 0 rings (SSSR count). The first kappa shape index (κ1) is 11.5. The number of carbonyl (C=O) groups excluding carboxylic acids is 2. The van der Waals surface area contributed by atoms with Crippen molar-refractivity contribution >= 4 is 11.8 Å². The van der Waals surface area contributed by atoms with E-state index in [-0.39, 0.29) is 11.8 Å². The molecule has 0 aromatic rings. The highest BCUT2D eigenvalue weighted by Gasteiger charge is 1.75. The molecule has 0 saturated heterocycles. The molecule has 2 amide bonds. The maximum absolute atomic E-state index is 9.86. The fraction of sp³-hybridized carbons (Fsp3) is 0.333. The highest BCUT2D eigenvalue weighted by Crippen LogP contribution is 1.54. The second-order valence-electron chi connectivity index (χ2n) is 1.52. The van der Waals surface area contributed by atoms with E-state index in [9.17, 15) is 9.59 Å². The van der Waals surface area contributed by atoms with Crippen LogP contribution in [0.5, 0.6) is 0 Å². The first-order valence-electron chi connectivity index (χ1n) is 2.64. The van der Waals surface area contributed by atoms with Gasteiger partial charge in [-0.15, -0.1) is 0 Å². The maximum Gasteiger partial charge on any atom is 0.220 e. The van der Waals surface area contributed by atoms with Crippen molar-refractivity contribution in [3.8, 4) is 0 Å². The van der Waals surface area contributed by atoms with Crippen LogP contribution < -0.4 is 11.1 Å². The average molecular weight is 144 g/mol. The van der Waals surface area contributed by atoms with Gasteiger partial charge in [-0.1, -0.05) is 6.58 Å². The third-order valence-electron chi connectivity index (χ3n) is 0.305. The number of hydrogen-bond acceptors (Lipinski definition) is 2. The van der Waals surface area contributed by atoms with Gasteiger partial charge in [-0.2, -0.15) is 0 Å². The van der Waals surface area contributed by atoms with Crippen molar-refractivity contribution in [2.24, 2.45) is 5.73 Å². The van der Waals surface area contributed by atoms with Crippen molar-refractivity contribution in [1.82, 2.24) is 5.32 Å². The van der Waals surface area contributed by atoms with E-state index in [1.807, 2.05) is 0 Å². The molecule has 0 aliphatic carbocycles. The molecule has 0 aliphatic rings. The highest BCUT2D eigenvalue weighted by atomic mass is 16.1. The summed E-state index contributed by atoms with van der Waals surface area (Å²) in [5.74, 6) is -0.412. The largest absolute Gasteiger partial charge is 0.370 e. The van der Waals surface area contributed by atoms with Gasteiger partial charge in [0.15, 0.2) is 0 Å². The predicted molar refractivity (Wildman–Crippen MR) is 38.9 cm³/mol. The monoisotopic (exact) mass is 144 g/mol. The molecule has 0 fully saturated rings. The summed E-state index contributed by atoms with van der Waals surface area (Å²) in [4.78, 5) is 19.1. The van der Waals surface area contributed by atoms with Crippen LogP contribution in [0, 0.1) is 0 Å². The molecule has 3 N–H and O–H groups in total. The Bertz CT molecular complexity index is 128. The number of amides is 2. The smallest absolute Gasteiger partial charge is 0.220 e. The summed E-state index contributed by atoms with van der Waals surface area (Å²) in [6.07, 6.45) is 1.35. The zero-order chi connectivity index (χ0) is 8.57. The van der Waals surface area contributed by atoms with Gasteiger partial charge in [0.1, 0.15) is 0 Å². The Hall–Kier alpha value is -1.32. The van der Waals surface area contributed by atoms with Gasteiger partial charge < -0.3 is 11.1 Å². The summed E-state index contributed by atoms with van der Waals surface area (Å²) in [7, 11) is 0. The minimum atomic E-state index is -0.333. The molecule has 0 saturated carbocycles. The van der Waals surface area contributed by atoms with Crippen LogP contribution in [-0.4, -0.2) is 11.8 Å². The lowest BCUT2D eigenvalue weighted by molar-refractivity contribution is -0.118. The molecule has 4 nitrogen and oxygen atoms in total. The van der Waals surface area contributed by atoms with E-state index in [4.69, 9.17) is 0 Å². The van der Waals surface area contributed by atoms with E-state index in [0.717, 1.165) is 0 Å². The van der Waals surface area contributed by atoms with E-state index in [2.05, 4.69) is 17.6 Å². The van der Waals surface area contributed by atoms with Crippen LogP contribution >= 0.6 is 0 Å². The molecule has 0 aliphatic heterocycles. The first-order valence-corrected chi connectivity index (χ1v) is 2.64. The third-order valence-corrected chi connectivity index (χ3v) is 0.305. The van der Waals surface area contributed by atoms with E-state index in [1.165, 1.54) is 20.0 Å². The van der Waals surface area contributed by atoms with Crippen LogP contribution in [-0.2, 0) is 9.59 Å². The molecular formula is C6H12N2O2. The minimum absolute atomic E-state index is 0.0787. The van der Waals surface area contributed by atoms with Crippen molar-refractivity contribution in [1.29, 1.82) is 0 Å². The van der Waals surface area contributed by atoms with E-state index in [1.54, 1.807) is 0 Å². The van der Waals surface area contributed by atoms with Crippen LogP contribution in [0.2, 0.25) is 0 Å². The molecule has 0 aromatic heterocycles. The van der Waals surface area contributed by atoms with Crippen molar-refractivity contribution in [2.75, 3.05) is 0 Å². The fourth-order valence-electron chi connectivity index (χ4n) is 0.144. The average Bonchev–Trinajstić information content (AvgIpc) is 1.62. The second kappa shape index (κ2) is 7.68. The summed E-state index contributed by atoms with van der Waals surface area (Å²) in [5.41, 5.74) is 4.47. The summed E-state index contributed by atoms with van der Waals surface area (Å²) < 4.78 is 0. The lowest BCUT2D eigenvalue weighted by atomic mass is 10.7. The van der Waals surface area contributed by atoms with Crippen molar-refractivity contribution in [3.63, 3.8) is 0 Å². The zero-order valence-corrected chi connectivity index (χ0v) is 6.18. The van der Waals surface area contributed by atoms with Gasteiger partial charge >= 0.3 is 0 Å². The molecule has 0 unspecified atom stereocenters. The number of carbonyl (C=O) groups is 2.